The Morgan fingerprint density at radius 3 is 2.52 bits per heavy atom. The standard InChI is InChI=1S/C18H12ClFN4O/c19-13-5-3-12(4-6-13)15-16-17(25-24-15)18(23-10-22-16)21-9-11-1-7-14(20)8-2-11/h1-8,10H,9H2,(H,21,22,23). The van der Waals surface area contributed by atoms with E-state index in [0.717, 1.165) is 11.1 Å². The van der Waals surface area contributed by atoms with Crippen molar-refractivity contribution in [3.8, 4) is 11.3 Å². The molecule has 2 aromatic heterocycles. The van der Waals surface area contributed by atoms with Gasteiger partial charge in [-0.15, -0.1) is 0 Å². The molecule has 0 saturated carbocycles. The lowest BCUT2D eigenvalue weighted by Crippen LogP contribution is -2.02. The van der Waals surface area contributed by atoms with Gasteiger partial charge in [-0.3, -0.25) is 0 Å². The number of fused-ring (bicyclic) bond motifs is 1. The van der Waals surface area contributed by atoms with Crippen molar-refractivity contribution in [1.82, 2.24) is 15.1 Å². The molecule has 2 heterocycles. The van der Waals surface area contributed by atoms with E-state index in [4.69, 9.17) is 16.1 Å². The third-order valence-electron chi connectivity index (χ3n) is 3.75. The molecule has 124 valence electrons. The first kappa shape index (κ1) is 15.5. The molecule has 0 aliphatic heterocycles. The molecule has 25 heavy (non-hydrogen) atoms. The molecular formula is C18H12ClFN4O. The Balaban J connectivity index is 1.64. The van der Waals surface area contributed by atoms with Crippen molar-refractivity contribution < 1.29 is 8.91 Å². The number of anilines is 1. The first-order valence-electron chi connectivity index (χ1n) is 7.55. The van der Waals surface area contributed by atoms with Crippen LogP contribution in [0.15, 0.2) is 59.4 Å². The zero-order valence-corrected chi connectivity index (χ0v) is 13.7. The van der Waals surface area contributed by atoms with Gasteiger partial charge in [0.2, 0.25) is 5.58 Å². The predicted molar refractivity (Wildman–Crippen MR) is 93.8 cm³/mol. The predicted octanol–water partition coefficient (Wildman–Crippen LogP) is 4.69. The highest BCUT2D eigenvalue weighted by Gasteiger charge is 2.16. The number of hydrogen-bond donors (Lipinski definition) is 1. The van der Waals surface area contributed by atoms with Gasteiger partial charge in [0, 0.05) is 17.1 Å². The van der Waals surface area contributed by atoms with Crippen LogP contribution in [0.25, 0.3) is 22.4 Å². The molecule has 0 fully saturated rings. The number of rotatable bonds is 4. The molecule has 0 unspecified atom stereocenters. The SMILES string of the molecule is Fc1ccc(CNc2ncnc3c(-c4ccc(Cl)cc4)noc23)cc1. The van der Waals surface area contributed by atoms with Crippen LogP contribution in [0, 0.1) is 5.82 Å². The molecule has 1 N–H and O–H groups in total. The smallest absolute Gasteiger partial charge is 0.228 e. The summed E-state index contributed by atoms with van der Waals surface area (Å²) >= 11 is 5.92. The highest BCUT2D eigenvalue weighted by atomic mass is 35.5. The van der Waals surface area contributed by atoms with Gasteiger partial charge in [0.1, 0.15) is 23.4 Å². The molecule has 0 aliphatic carbocycles. The van der Waals surface area contributed by atoms with Gasteiger partial charge in [-0.1, -0.05) is 41.0 Å². The van der Waals surface area contributed by atoms with Crippen molar-refractivity contribution in [2.45, 2.75) is 6.54 Å². The van der Waals surface area contributed by atoms with Gasteiger partial charge in [-0.05, 0) is 29.8 Å². The summed E-state index contributed by atoms with van der Waals surface area (Å²) in [5.74, 6) is 0.262. The van der Waals surface area contributed by atoms with E-state index in [1.807, 2.05) is 12.1 Å². The minimum absolute atomic E-state index is 0.268. The summed E-state index contributed by atoms with van der Waals surface area (Å²) in [4.78, 5) is 8.49. The topological polar surface area (TPSA) is 63.8 Å². The molecule has 0 bridgehead atoms. The van der Waals surface area contributed by atoms with Crippen LogP contribution in [0.5, 0.6) is 0 Å². The molecule has 0 aliphatic rings. The third-order valence-corrected chi connectivity index (χ3v) is 4.00. The maximum atomic E-state index is 13.0. The number of nitrogens with one attached hydrogen (secondary N) is 1. The van der Waals surface area contributed by atoms with Gasteiger partial charge in [0.05, 0.1) is 0 Å². The quantitative estimate of drug-likeness (QED) is 0.576. The van der Waals surface area contributed by atoms with Crippen molar-refractivity contribution in [2.24, 2.45) is 0 Å². The Hall–Kier alpha value is -2.99. The fourth-order valence-electron chi connectivity index (χ4n) is 2.47. The Morgan fingerprint density at radius 1 is 1.00 bits per heavy atom. The number of hydrogen-bond acceptors (Lipinski definition) is 5. The van der Waals surface area contributed by atoms with E-state index in [-0.39, 0.29) is 5.82 Å². The Morgan fingerprint density at radius 2 is 1.76 bits per heavy atom. The van der Waals surface area contributed by atoms with Gasteiger partial charge in [-0.25, -0.2) is 14.4 Å². The van der Waals surface area contributed by atoms with Crippen molar-refractivity contribution in [1.29, 1.82) is 0 Å². The lowest BCUT2D eigenvalue weighted by atomic mass is 10.1. The maximum Gasteiger partial charge on any atom is 0.228 e. The van der Waals surface area contributed by atoms with Crippen LogP contribution >= 0.6 is 11.6 Å². The zero-order valence-electron chi connectivity index (χ0n) is 12.9. The second-order valence-electron chi connectivity index (χ2n) is 5.42. The van der Waals surface area contributed by atoms with E-state index in [1.54, 1.807) is 24.3 Å². The average Bonchev–Trinajstić information content (AvgIpc) is 3.07. The zero-order chi connectivity index (χ0) is 17.2. The molecule has 0 amide bonds. The fourth-order valence-corrected chi connectivity index (χ4v) is 2.60. The highest BCUT2D eigenvalue weighted by Crippen LogP contribution is 2.30. The second kappa shape index (κ2) is 6.49. The molecule has 7 heteroatoms. The molecule has 0 radical (unpaired) electrons. The number of aromatic nitrogens is 3. The monoisotopic (exact) mass is 354 g/mol. The van der Waals surface area contributed by atoms with E-state index in [2.05, 4.69) is 20.4 Å². The minimum atomic E-state index is -0.268. The van der Waals surface area contributed by atoms with Crippen molar-refractivity contribution in [2.75, 3.05) is 5.32 Å². The van der Waals surface area contributed by atoms with E-state index < -0.39 is 0 Å². The van der Waals surface area contributed by atoms with Gasteiger partial charge < -0.3 is 9.84 Å². The van der Waals surface area contributed by atoms with Gasteiger partial charge in [0.15, 0.2) is 5.82 Å². The van der Waals surface area contributed by atoms with Crippen molar-refractivity contribution in [3.63, 3.8) is 0 Å². The molecule has 0 spiro atoms. The normalized spacial score (nSPS) is 11.0. The lowest BCUT2D eigenvalue weighted by molar-refractivity contribution is 0.459. The van der Waals surface area contributed by atoms with Crippen LogP contribution in [0.3, 0.4) is 0 Å². The van der Waals surface area contributed by atoms with Crippen LogP contribution in [-0.4, -0.2) is 15.1 Å². The Kier molecular flexibility index (Phi) is 4.03. The number of halogens is 2. The summed E-state index contributed by atoms with van der Waals surface area (Å²) in [6.45, 7) is 0.476. The molecule has 4 aromatic rings. The van der Waals surface area contributed by atoms with Crippen LogP contribution < -0.4 is 5.32 Å². The van der Waals surface area contributed by atoms with Crippen molar-refractivity contribution in [3.05, 3.63) is 71.3 Å². The first-order chi connectivity index (χ1) is 12.2. The highest BCUT2D eigenvalue weighted by molar-refractivity contribution is 6.30. The molecule has 0 atom stereocenters. The maximum absolute atomic E-state index is 13.0. The lowest BCUT2D eigenvalue weighted by Gasteiger charge is -2.05. The Bertz CT molecular complexity index is 1020. The van der Waals surface area contributed by atoms with Crippen LogP contribution in [0.4, 0.5) is 10.2 Å². The van der Waals surface area contributed by atoms with E-state index in [9.17, 15) is 4.39 Å². The first-order valence-corrected chi connectivity index (χ1v) is 7.93. The Labute approximate surface area is 147 Å². The van der Waals surface area contributed by atoms with Gasteiger partial charge in [0.25, 0.3) is 0 Å². The summed E-state index contributed by atoms with van der Waals surface area (Å²) < 4.78 is 18.4. The summed E-state index contributed by atoms with van der Waals surface area (Å²) in [5.41, 5.74) is 3.48. The van der Waals surface area contributed by atoms with Crippen molar-refractivity contribution >= 4 is 28.5 Å². The molecule has 5 nitrogen and oxygen atoms in total. The van der Waals surface area contributed by atoms with Crippen LogP contribution in [0.1, 0.15) is 5.56 Å². The molecular weight excluding hydrogens is 343 g/mol. The summed E-state index contributed by atoms with van der Waals surface area (Å²) in [5, 5.41) is 7.93. The van der Waals surface area contributed by atoms with Crippen LogP contribution in [0.2, 0.25) is 5.02 Å². The molecule has 0 saturated heterocycles. The number of nitrogens with zero attached hydrogens (tertiary/aromatic N) is 3. The summed E-state index contributed by atoms with van der Waals surface area (Å²) in [7, 11) is 0. The summed E-state index contributed by atoms with van der Waals surface area (Å²) in [6.07, 6.45) is 1.45. The van der Waals surface area contributed by atoms with Gasteiger partial charge >= 0.3 is 0 Å². The minimum Gasteiger partial charge on any atom is -0.363 e. The number of benzene rings is 2. The van der Waals surface area contributed by atoms with E-state index >= 15 is 0 Å². The fraction of sp³-hybridized carbons (Fsp3) is 0.0556. The third kappa shape index (κ3) is 3.16. The second-order valence-corrected chi connectivity index (χ2v) is 5.85. The molecule has 2 aromatic carbocycles. The average molecular weight is 355 g/mol. The van der Waals surface area contributed by atoms with Gasteiger partial charge in [-0.2, -0.15) is 0 Å². The molecule has 4 rings (SSSR count). The summed E-state index contributed by atoms with van der Waals surface area (Å²) in [6, 6.07) is 13.5. The van der Waals surface area contributed by atoms with E-state index in [1.165, 1.54) is 18.5 Å². The van der Waals surface area contributed by atoms with E-state index in [0.29, 0.717) is 34.2 Å². The largest absolute Gasteiger partial charge is 0.363 e. The van der Waals surface area contributed by atoms with Crippen LogP contribution in [-0.2, 0) is 6.54 Å².